The molecule has 16 heavy (non-hydrogen) atoms. The average molecular weight is 307 g/mol. The highest BCUT2D eigenvalue weighted by molar-refractivity contribution is 9.10. The first kappa shape index (κ1) is 13.7. The molecule has 0 bridgehead atoms. The van der Waals surface area contributed by atoms with Crippen LogP contribution < -0.4 is 4.90 Å². The second-order valence-corrected chi connectivity index (χ2v) is 5.59. The summed E-state index contributed by atoms with van der Waals surface area (Å²) in [5.74, 6) is 1.44. The molecule has 1 aromatic rings. The van der Waals surface area contributed by atoms with Crippen LogP contribution in [0.1, 0.15) is 27.7 Å². The molecule has 3 nitrogen and oxygen atoms in total. The second kappa shape index (κ2) is 5.82. The van der Waals surface area contributed by atoms with Crippen LogP contribution in [-0.4, -0.2) is 22.6 Å². The molecule has 90 valence electrons. The molecule has 0 spiro atoms. The van der Waals surface area contributed by atoms with Crippen molar-refractivity contribution in [3.8, 4) is 0 Å². The van der Waals surface area contributed by atoms with E-state index in [1.807, 2.05) is 0 Å². The lowest BCUT2D eigenvalue weighted by Gasteiger charge is -2.30. The Hall–Kier alpha value is -0.350. The Labute approximate surface area is 110 Å². The minimum Gasteiger partial charge on any atom is -0.353 e. The first-order valence-electron chi connectivity index (χ1n) is 5.36. The highest BCUT2D eigenvalue weighted by atomic mass is 79.9. The predicted molar refractivity (Wildman–Crippen MR) is 72.1 cm³/mol. The number of nitrogens with zero attached hydrogens (tertiary/aromatic N) is 3. The minimum atomic E-state index is 0.379. The van der Waals surface area contributed by atoms with E-state index >= 15 is 0 Å². The summed E-state index contributed by atoms with van der Waals surface area (Å²) in [6.45, 7) is 9.61. The number of anilines is 1. The van der Waals surface area contributed by atoms with Crippen molar-refractivity contribution in [3.05, 3.63) is 16.0 Å². The van der Waals surface area contributed by atoms with Gasteiger partial charge in [0.15, 0.2) is 0 Å². The lowest BCUT2D eigenvalue weighted by molar-refractivity contribution is 0.565. The van der Waals surface area contributed by atoms with Crippen LogP contribution >= 0.6 is 27.5 Å². The Bertz CT molecular complexity index is 355. The van der Waals surface area contributed by atoms with Gasteiger partial charge in [0.25, 0.3) is 0 Å². The van der Waals surface area contributed by atoms with Gasteiger partial charge in [-0.25, -0.2) is 9.97 Å². The highest BCUT2D eigenvalue weighted by Gasteiger charge is 2.18. The van der Waals surface area contributed by atoms with Gasteiger partial charge in [-0.05, 0) is 35.7 Å². The van der Waals surface area contributed by atoms with Gasteiger partial charge in [0.05, 0.1) is 4.47 Å². The molecular formula is C11H17BrClN3. The quantitative estimate of drug-likeness (QED) is 0.793. The van der Waals surface area contributed by atoms with E-state index in [0.717, 1.165) is 16.8 Å². The minimum absolute atomic E-state index is 0.379. The third-order valence-electron chi connectivity index (χ3n) is 2.19. The molecule has 1 aromatic heterocycles. The van der Waals surface area contributed by atoms with Gasteiger partial charge in [-0.1, -0.05) is 25.4 Å². The summed E-state index contributed by atoms with van der Waals surface area (Å²) >= 11 is 9.41. The summed E-state index contributed by atoms with van der Waals surface area (Å²) in [5.41, 5.74) is 0. The Kier molecular flexibility index (Phi) is 4.99. The van der Waals surface area contributed by atoms with Crippen molar-refractivity contribution < 1.29 is 0 Å². The van der Waals surface area contributed by atoms with Crippen LogP contribution in [0.5, 0.6) is 0 Å². The second-order valence-electron chi connectivity index (χ2n) is 4.44. The zero-order valence-corrected chi connectivity index (χ0v) is 12.4. The van der Waals surface area contributed by atoms with Gasteiger partial charge in [0.2, 0.25) is 0 Å². The lowest BCUT2D eigenvalue weighted by Crippen LogP contribution is -2.35. The standard InChI is InChI=1S/C11H17BrClN3/c1-7(2)5-16(8(3)4)11-9(12)10(13)14-6-15-11/h6-8H,5H2,1-4H3. The van der Waals surface area contributed by atoms with Gasteiger partial charge >= 0.3 is 0 Å². The van der Waals surface area contributed by atoms with E-state index in [1.165, 1.54) is 6.33 Å². The highest BCUT2D eigenvalue weighted by Crippen LogP contribution is 2.30. The fourth-order valence-corrected chi connectivity index (χ4v) is 2.04. The largest absolute Gasteiger partial charge is 0.353 e. The SMILES string of the molecule is CC(C)CN(c1ncnc(Cl)c1Br)C(C)C. The number of hydrogen-bond donors (Lipinski definition) is 0. The van der Waals surface area contributed by atoms with Gasteiger partial charge in [-0.2, -0.15) is 0 Å². The molecule has 1 rings (SSSR count). The third-order valence-corrected chi connectivity index (χ3v) is 3.43. The van der Waals surface area contributed by atoms with E-state index in [2.05, 4.69) is 58.5 Å². The molecule has 0 saturated heterocycles. The molecule has 5 heteroatoms. The first-order valence-corrected chi connectivity index (χ1v) is 6.53. The molecule has 0 aliphatic carbocycles. The lowest BCUT2D eigenvalue weighted by atomic mass is 10.2. The molecular weight excluding hydrogens is 289 g/mol. The Morgan fingerprint density at radius 1 is 1.31 bits per heavy atom. The van der Waals surface area contributed by atoms with Gasteiger partial charge in [0.1, 0.15) is 17.3 Å². The molecule has 0 radical (unpaired) electrons. The zero-order valence-electron chi connectivity index (χ0n) is 10.0. The van der Waals surface area contributed by atoms with Gasteiger partial charge < -0.3 is 4.90 Å². The van der Waals surface area contributed by atoms with Crippen LogP contribution in [0.2, 0.25) is 5.15 Å². The van der Waals surface area contributed by atoms with Crippen molar-refractivity contribution in [1.82, 2.24) is 9.97 Å². The zero-order chi connectivity index (χ0) is 12.3. The molecule has 0 unspecified atom stereocenters. The summed E-state index contributed by atoms with van der Waals surface area (Å²) in [7, 11) is 0. The van der Waals surface area contributed by atoms with E-state index in [0.29, 0.717) is 17.1 Å². The van der Waals surface area contributed by atoms with E-state index in [-0.39, 0.29) is 0 Å². The summed E-state index contributed by atoms with van der Waals surface area (Å²) in [5, 5.41) is 0.458. The predicted octanol–water partition coefficient (Wildman–Crippen LogP) is 3.76. The molecule has 0 aliphatic heterocycles. The van der Waals surface area contributed by atoms with Crippen molar-refractivity contribution >= 4 is 33.3 Å². The van der Waals surface area contributed by atoms with E-state index in [1.54, 1.807) is 0 Å². The Morgan fingerprint density at radius 2 is 1.94 bits per heavy atom. The number of halogens is 2. The molecule has 0 aromatic carbocycles. The van der Waals surface area contributed by atoms with Crippen molar-refractivity contribution in [2.75, 3.05) is 11.4 Å². The number of rotatable bonds is 4. The van der Waals surface area contributed by atoms with Crippen molar-refractivity contribution in [2.45, 2.75) is 33.7 Å². The van der Waals surface area contributed by atoms with E-state index in [4.69, 9.17) is 11.6 Å². The number of aromatic nitrogens is 2. The molecule has 0 amide bonds. The topological polar surface area (TPSA) is 29.0 Å². The third kappa shape index (κ3) is 3.32. The van der Waals surface area contributed by atoms with Gasteiger partial charge in [-0.3, -0.25) is 0 Å². The van der Waals surface area contributed by atoms with Crippen LogP contribution in [0.25, 0.3) is 0 Å². The normalized spacial score (nSPS) is 11.2. The summed E-state index contributed by atoms with van der Waals surface area (Å²) < 4.78 is 0.769. The molecule has 0 atom stereocenters. The van der Waals surface area contributed by atoms with Crippen LogP contribution in [0.15, 0.2) is 10.8 Å². The van der Waals surface area contributed by atoms with E-state index in [9.17, 15) is 0 Å². The summed E-state index contributed by atoms with van der Waals surface area (Å²) in [6.07, 6.45) is 1.50. The Morgan fingerprint density at radius 3 is 2.44 bits per heavy atom. The molecule has 1 heterocycles. The Balaban J connectivity index is 3.06. The molecule has 0 saturated carbocycles. The maximum atomic E-state index is 5.97. The van der Waals surface area contributed by atoms with Crippen molar-refractivity contribution in [2.24, 2.45) is 5.92 Å². The molecule has 0 aliphatic rings. The van der Waals surface area contributed by atoms with Crippen LogP contribution in [0.3, 0.4) is 0 Å². The molecule has 0 N–H and O–H groups in total. The summed E-state index contributed by atoms with van der Waals surface area (Å²) in [6, 6.07) is 0.379. The fourth-order valence-electron chi connectivity index (χ4n) is 1.48. The average Bonchev–Trinajstić information content (AvgIpc) is 2.18. The fraction of sp³-hybridized carbons (Fsp3) is 0.636. The molecule has 0 fully saturated rings. The van der Waals surface area contributed by atoms with Crippen LogP contribution in [0, 0.1) is 5.92 Å². The van der Waals surface area contributed by atoms with Crippen molar-refractivity contribution in [1.29, 1.82) is 0 Å². The van der Waals surface area contributed by atoms with Crippen LogP contribution in [-0.2, 0) is 0 Å². The van der Waals surface area contributed by atoms with Gasteiger partial charge in [0, 0.05) is 12.6 Å². The number of hydrogen-bond acceptors (Lipinski definition) is 3. The van der Waals surface area contributed by atoms with Gasteiger partial charge in [-0.15, -0.1) is 0 Å². The van der Waals surface area contributed by atoms with Crippen molar-refractivity contribution in [3.63, 3.8) is 0 Å². The monoisotopic (exact) mass is 305 g/mol. The van der Waals surface area contributed by atoms with E-state index < -0.39 is 0 Å². The summed E-state index contributed by atoms with van der Waals surface area (Å²) in [4.78, 5) is 10.5. The first-order chi connectivity index (χ1) is 7.43. The maximum Gasteiger partial charge on any atom is 0.148 e. The maximum absolute atomic E-state index is 5.97. The smallest absolute Gasteiger partial charge is 0.148 e. The van der Waals surface area contributed by atoms with Crippen LogP contribution in [0.4, 0.5) is 5.82 Å².